The maximum atomic E-state index is 11.2. The largest absolute Gasteiger partial charge is 0.359 e. The molecule has 2 unspecified atom stereocenters. The van der Waals surface area contributed by atoms with Crippen LogP contribution in [-0.4, -0.2) is 42.1 Å². The Bertz CT molecular complexity index is 311. The number of hydrogen-bond donors (Lipinski definition) is 3. The van der Waals surface area contributed by atoms with Crippen molar-refractivity contribution in [3.63, 3.8) is 0 Å². The van der Waals surface area contributed by atoms with Gasteiger partial charge in [-0.15, -0.1) is 0 Å². The summed E-state index contributed by atoms with van der Waals surface area (Å²) in [6.45, 7) is 0. The number of unbranched alkanes of at least 4 members (excludes halogenated alkanes) is 1. The summed E-state index contributed by atoms with van der Waals surface area (Å²) in [7, 11) is 1.67. The van der Waals surface area contributed by atoms with E-state index in [-0.39, 0.29) is 18.0 Å². The van der Waals surface area contributed by atoms with Gasteiger partial charge in [0.1, 0.15) is 0 Å². The Labute approximate surface area is 105 Å². The van der Waals surface area contributed by atoms with Crippen LogP contribution in [0.3, 0.4) is 0 Å². The molecule has 0 spiro atoms. The lowest BCUT2D eigenvalue weighted by Crippen LogP contribution is -2.36. The maximum Gasteiger partial charge on any atom is 0.315 e. The standard InChI is InChI=1S/C11H19N3O2S/c1-12-9(15)5-3-2-4-8-10-7(6-17-8)13-11(16)14-10/h7-8,10H,2-6H2,1H3,(H,12,15)(H2,13,14,16)/t7?,8-,10?/m0/s1. The molecular formula is C11H19N3O2S. The first-order chi connectivity index (χ1) is 8.20. The van der Waals surface area contributed by atoms with E-state index in [1.165, 1.54) is 0 Å². The summed E-state index contributed by atoms with van der Waals surface area (Å²) in [5, 5.41) is 9.03. The molecule has 3 atom stereocenters. The lowest BCUT2D eigenvalue weighted by atomic mass is 10.0. The van der Waals surface area contributed by atoms with Crippen molar-refractivity contribution in [1.29, 1.82) is 0 Å². The fourth-order valence-corrected chi connectivity index (χ4v) is 3.94. The van der Waals surface area contributed by atoms with E-state index in [9.17, 15) is 9.59 Å². The number of hydrogen-bond acceptors (Lipinski definition) is 3. The zero-order valence-electron chi connectivity index (χ0n) is 9.99. The number of rotatable bonds is 5. The Morgan fingerprint density at radius 2 is 2.29 bits per heavy atom. The molecule has 2 aliphatic heterocycles. The van der Waals surface area contributed by atoms with Gasteiger partial charge in [0.2, 0.25) is 5.91 Å². The lowest BCUT2D eigenvalue weighted by Gasteiger charge is -2.16. The molecule has 0 saturated carbocycles. The average Bonchev–Trinajstić information content (AvgIpc) is 2.84. The van der Waals surface area contributed by atoms with E-state index in [1.54, 1.807) is 7.05 Å². The van der Waals surface area contributed by atoms with Gasteiger partial charge in [-0.25, -0.2) is 4.79 Å². The van der Waals surface area contributed by atoms with Crippen molar-refractivity contribution >= 4 is 23.7 Å². The third kappa shape index (κ3) is 3.06. The molecule has 2 rings (SSSR count). The van der Waals surface area contributed by atoms with Crippen LogP contribution in [0.1, 0.15) is 25.7 Å². The minimum absolute atomic E-state index is 0.0318. The quantitative estimate of drug-likeness (QED) is 0.495. The zero-order valence-corrected chi connectivity index (χ0v) is 10.8. The van der Waals surface area contributed by atoms with Crippen LogP contribution in [0.4, 0.5) is 4.79 Å². The third-order valence-electron chi connectivity index (χ3n) is 3.36. The SMILES string of the molecule is CNC(=O)CCCC[C@@H]1SCC2NC(=O)NC21. The number of fused-ring (bicyclic) bond motifs is 1. The van der Waals surface area contributed by atoms with Crippen molar-refractivity contribution in [2.75, 3.05) is 12.8 Å². The molecule has 5 nitrogen and oxygen atoms in total. The van der Waals surface area contributed by atoms with Gasteiger partial charge in [-0.3, -0.25) is 4.79 Å². The summed E-state index contributed by atoms with van der Waals surface area (Å²) in [6, 6.07) is 0.555. The molecule has 2 fully saturated rings. The second kappa shape index (κ2) is 5.62. The summed E-state index contributed by atoms with van der Waals surface area (Å²) in [5.41, 5.74) is 0. The van der Waals surface area contributed by atoms with E-state index >= 15 is 0 Å². The molecule has 0 aromatic rings. The van der Waals surface area contributed by atoms with Crippen LogP contribution in [0, 0.1) is 0 Å². The summed E-state index contributed by atoms with van der Waals surface area (Å²) in [6.07, 6.45) is 3.65. The summed E-state index contributed by atoms with van der Waals surface area (Å²) in [4.78, 5) is 22.2. The molecular weight excluding hydrogens is 238 g/mol. The van der Waals surface area contributed by atoms with Crippen LogP contribution in [-0.2, 0) is 4.79 Å². The van der Waals surface area contributed by atoms with E-state index < -0.39 is 0 Å². The molecule has 2 heterocycles. The molecule has 0 aromatic heterocycles. The van der Waals surface area contributed by atoms with Crippen molar-refractivity contribution in [2.45, 2.75) is 43.0 Å². The monoisotopic (exact) mass is 257 g/mol. The van der Waals surface area contributed by atoms with Crippen LogP contribution in [0.15, 0.2) is 0 Å². The predicted molar refractivity (Wildman–Crippen MR) is 68.0 cm³/mol. The van der Waals surface area contributed by atoms with E-state index in [0.29, 0.717) is 17.7 Å². The van der Waals surface area contributed by atoms with Gasteiger partial charge in [0.15, 0.2) is 0 Å². The Balaban J connectivity index is 1.66. The zero-order chi connectivity index (χ0) is 12.3. The minimum Gasteiger partial charge on any atom is -0.359 e. The molecule has 6 heteroatoms. The summed E-state index contributed by atoms with van der Waals surface area (Å²) < 4.78 is 0. The lowest BCUT2D eigenvalue weighted by molar-refractivity contribution is -0.120. The molecule has 3 amide bonds. The minimum atomic E-state index is -0.0318. The normalized spacial score (nSPS) is 30.6. The summed E-state index contributed by atoms with van der Waals surface area (Å²) in [5.74, 6) is 1.11. The Kier molecular flexibility index (Phi) is 4.15. The van der Waals surface area contributed by atoms with Crippen LogP contribution in [0.25, 0.3) is 0 Å². The number of urea groups is 1. The Morgan fingerprint density at radius 1 is 1.47 bits per heavy atom. The highest BCUT2D eigenvalue weighted by Crippen LogP contribution is 2.33. The fourth-order valence-electron chi connectivity index (χ4n) is 2.40. The highest BCUT2D eigenvalue weighted by atomic mass is 32.2. The van der Waals surface area contributed by atoms with Crippen molar-refractivity contribution in [2.24, 2.45) is 0 Å². The van der Waals surface area contributed by atoms with Gasteiger partial charge >= 0.3 is 6.03 Å². The number of thioether (sulfide) groups is 1. The highest BCUT2D eigenvalue weighted by Gasteiger charge is 2.42. The van der Waals surface area contributed by atoms with Gasteiger partial charge in [0.05, 0.1) is 12.1 Å². The number of carbonyl (C=O) groups is 2. The molecule has 0 bridgehead atoms. The average molecular weight is 257 g/mol. The van der Waals surface area contributed by atoms with Crippen molar-refractivity contribution in [1.82, 2.24) is 16.0 Å². The van der Waals surface area contributed by atoms with Crippen LogP contribution >= 0.6 is 11.8 Å². The molecule has 17 heavy (non-hydrogen) atoms. The second-order valence-electron chi connectivity index (χ2n) is 4.54. The van der Waals surface area contributed by atoms with Gasteiger partial charge in [0, 0.05) is 24.5 Å². The van der Waals surface area contributed by atoms with Crippen molar-refractivity contribution in [3.05, 3.63) is 0 Å². The third-order valence-corrected chi connectivity index (χ3v) is 4.87. The van der Waals surface area contributed by atoms with E-state index in [4.69, 9.17) is 0 Å². The molecule has 0 aromatic carbocycles. The first kappa shape index (κ1) is 12.5. The van der Waals surface area contributed by atoms with Gasteiger partial charge in [-0.2, -0.15) is 11.8 Å². The van der Waals surface area contributed by atoms with Gasteiger partial charge in [-0.1, -0.05) is 6.42 Å². The van der Waals surface area contributed by atoms with E-state index in [2.05, 4.69) is 16.0 Å². The smallest absolute Gasteiger partial charge is 0.315 e. The number of amides is 3. The maximum absolute atomic E-state index is 11.2. The van der Waals surface area contributed by atoms with Crippen molar-refractivity contribution < 1.29 is 9.59 Å². The molecule has 0 aliphatic carbocycles. The molecule has 2 saturated heterocycles. The van der Waals surface area contributed by atoms with E-state index in [1.807, 2.05) is 11.8 Å². The summed E-state index contributed by atoms with van der Waals surface area (Å²) >= 11 is 1.92. The van der Waals surface area contributed by atoms with Gasteiger partial charge in [0.25, 0.3) is 0 Å². The van der Waals surface area contributed by atoms with Crippen LogP contribution in [0.2, 0.25) is 0 Å². The topological polar surface area (TPSA) is 70.2 Å². The highest BCUT2D eigenvalue weighted by molar-refractivity contribution is 8.00. The van der Waals surface area contributed by atoms with Gasteiger partial charge < -0.3 is 16.0 Å². The molecule has 0 radical (unpaired) electrons. The Morgan fingerprint density at radius 3 is 3.06 bits per heavy atom. The number of carbonyl (C=O) groups excluding carboxylic acids is 2. The van der Waals surface area contributed by atoms with Crippen LogP contribution < -0.4 is 16.0 Å². The molecule has 96 valence electrons. The first-order valence-corrected chi connectivity index (χ1v) is 7.15. The van der Waals surface area contributed by atoms with E-state index in [0.717, 1.165) is 25.0 Å². The fraction of sp³-hybridized carbons (Fsp3) is 0.818. The van der Waals surface area contributed by atoms with Crippen molar-refractivity contribution in [3.8, 4) is 0 Å². The predicted octanol–water partition coefficient (Wildman–Crippen LogP) is 0.458. The molecule has 2 aliphatic rings. The second-order valence-corrected chi connectivity index (χ2v) is 5.81. The van der Waals surface area contributed by atoms with Crippen LogP contribution in [0.5, 0.6) is 0 Å². The molecule has 3 N–H and O–H groups in total. The Hall–Kier alpha value is -0.910. The van der Waals surface area contributed by atoms with Gasteiger partial charge in [-0.05, 0) is 12.8 Å². The first-order valence-electron chi connectivity index (χ1n) is 6.10. The number of nitrogens with one attached hydrogen (secondary N) is 3.